The van der Waals surface area contributed by atoms with Crippen molar-refractivity contribution in [1.29, 1.82) is 5.26 Å². The molecular formula is C20H19F2N7. The van der Waals surface area contributed by atoms with Crippen molar-refractivity contribution in [3.05, 3.63) is 53.8 Å². The molecule has 7 nitrogen and oxygen atoms in total. The van der Waals surface area contributed by atoms with Crippen LogP contribution in [0.5, 0.6) is 0 Å². The molecule has 4 heterocycles. The quantitative estimate of drug-likeness (QED) is 0.634. The third-order valence-electron chi connectivity index (χ3n) is 5.32. The molecule has 1 aliphatic heterocycles. The minimum Gasteiger partial charge on any atom is -0.368 e. The Bertz CT molecular complexity index is 1090. The van der Waals surface area contributed by atoms with Crippen LogP contribution in [0.1, 0.15) is 29.8 Å². The van der Waals surface area contributed by atoms with Crippen LogP contribution in [0.2, 0.25) is 0 Å². The van der Waals surface area contributed by atoms with Crippen molar-refractivity contribution in [2.45, 2.75) is 25.4 Å². The second-order valence-corrected chi connectivity index (χ2v) is 7.22. The summed E-state index contributed by atoms with van der Waals surface area (Å²) in [7, 11) is 1.72. The molecule has 0 unspecified atom stereocenters. The van der Waals surface area contributed by atoms with Crippen LogP contribution in [0.15, 0.2) is 30.9 Å². The van der Waals surface area contributed by atoms with E-state index in [1.807, 2.05) is 4.90 Å². The Labute approximate surface area is 166 Å². The minimum absolute atomic E-state index is 0.208. The highest BCUT2D eigenvalue weighted by molar-refractivity contribution is 5.79. The van der Waals surface area contributed by atoms with Crippen molar-refractivity contribution in [1.82, 2.24) is 24.7 Å². The molecule has 0 saturated carbocycles. The number of aromatic nitrogens is 5. The molecule has 148 valence electrons. The number of aryl methyl sites for hydroxylation is 2. The second kappa shape index (κ2) is 7.20. The molecule has 9 heteroatoms. The van der Waals surface area contributed by atoms with Gasteiger partial charge in [0.1, 0.15) is 12.4 Å². The summed E-state index contributed by atoms with van der Waals surface area (Å²) in [6, 6.07) is 5.47. The lowest BCUT2D eigenvalue weighted by atomic mass is 9.91. The van der Waals surface area contributed by atoms with E-state index < -0.39 is 11.6 Å². The monoisotopic (exact) mass is 395 g/mol. The van der Waals surface area contributed by atoms with Crippen LogP contribution in [0.3, 0.4) is 0 Å². The average molecular weight is 395 g/mol. The van der Waals surface area contributed by atoms with Gasteiger partial charge in [-0.25, -0.2) is 9.37 Å². The molecule has 0 amide bonds. The maximum atomic E-state index is 15.5. The van der Waals surface area contributed by atoms with E-state index in [2.05, 4.69) is 26.2 Å². The first-order valence-electron chi connectivity index (χ1n) is 9.23. The third kappa shape index (κ3) is 3.31. The molecule has 4 rings (SSSR count). The summed E-state index contributed by atoms with van der Waals surface area (Å²) < 4.78 is 30.7. The van der Waals surface area contributed by atoms with Crippen LogP contribution in [0.4, 0.5) is 14.5 Å². The summed E-state index contributed by atoms with van der Waals surface area (Å²) in [5.74, 6) is -0.238. The van der Waals surface area contributed by atoms with Crippen LogP contribution in [-0.4, -0.2) is 37.8 Å². The van der Waals surface area contributed by atoms with E-state index in [1.165, 1.54) is 12.5 Å². The van der Waals surface area contributed by atoms with Gasteiger partial charge in [-0.15, -0.1) is 10.2 Å². The summed E-state index contributed by atoms with van der Waals surface area (Å²) in [6.07, 6.45) is 4.84. The van der Waals surface area contributed by atoms with Gasteiger partial charge < -0.3 is 9.47 Å². The summed E-state index contributed by atoms with van der Waals surface area (Å²) in [6.45, 7) is 2.38. The van der Waals surface area contributed by atoms with Crippen LogP contribution in [-0.2, 0) is 12.7 Å². The largest absolute Gasteiger partial charge is 0.368 e. The van der Waals surface area contributed by atoms with E-state index >= 15 is 4.39 Å². The molecule has 1 aliphatic rings. The second-order valence-electron chi connectivity index (χ2n) is 7.22. The number of anilines is 1. The SMILES string of the molecule is Cc1cc(-c2nccc(C#N)c2N2CCC(F)(c3nncn3C)CC2)cnc1F. The molecule has 0 bridgehead atoms. The Morgan fingerprint density at radius 1 is 1.24 bits per heavy atom. The summed E-state index contributed by atoms with van der Waals surface area (Å²) in [5.41, 5.74) is 1.00. The number of pyridine rings is 2. The molecule has 29 heavy (non-hydrogen) atoms. The van der Waals surface area contributed by atoms with Gasteiger partial charge in [0, 0.05) is 56.5 Å². The van der Waals surface area contributed by atoms with Crippen molar-refractivity contribution in [2.24, 2.45) is 7.05 Å². The highest BCUT2D eigenvalue weighted by Gasteiger charge is 2.41. The molecule has 3 aromatic heterocycles. The van der Waals surface area contributed by atoms with Gasteiger partial charge in [-0.1, -0.05) is 0 Å². The third-order valence-corrected chi connectivity index (χ3v) is 5.32. The fourth-order valence-electron chi connectivity index (χ4n) is 3.76. The number of hydrogen-bond donors (Lipinski definition) is 0. The number of alkyl halides is 1. The number of halogens is 2. The predicted molar refractivity (Wildman–Crippen MR) is 102 cm³/mol. The minimum atomic E-state index is -1.58. The topological polar surface area (TPSA) is 83.5 Å². The fraction of sp³-hybridized carbons (Fsp3) is 0.350. The van der Waals surface area contributed by atoms with E-state index in [0.29, 0.717) is 47.0 Å². The van der Waals surface area contributed by atoms with Gasteiger partial charge in [-0.05, 0) is 19.1 Å². The average Bonchev–Trinajstić information content (AvgIpc) is 3.17. The molecule has 0 aromatic carbocycles. The van der Waals surface area contributed by atoms with Gasteiger partial charge in [0.05, 0.1) is 16.9 Å². The number of piperidine rings is 1. The highest BCUT2D eigenvalue weighted by Crippen LogP contribution is 2.40. The molecule has 3 aromatic rings. The lowest BCUT2D eigenvalue weighted by Gasteiger charge is -2.37. The van der Waals surface area contributed by atoms with Crippen molar-refractivity contribution in [3.63, 3.8) is 0 Å². The molecule has 1 fully saturated rings. The first-order valence-corrected chi connectivity index (χ1v) is 9.23. The Balaban J connectivity index is 1.70. The number of nitriles is 1. The first-order chi connectivity index (χ1) is 13.9. The van der Waals surface area contributed by atoms with Crippen molar-refractivity contribution in [3.8, 4) is 17.3 Å². The van der Waals surface area contributed by atoms with Gasteiger partial charge in [-0.2, -0.15) is 9.65 Å². The zero-order valence-corrected chi connectivity index (χ0v) is 16.1. The van der Waals surface area contributed by atoms with E-state index in [9.17, 15) is 9.65 Å². The highest BCUT2D eigenvalue weighted by atomic mass is 19.1. The molecular weight excluding hydrogens is 376 g/mol. The summed E-state index contributed by atoms with van der Waals surface area (Å²) >= 11 is 0. The first kappa shape index (κ1) is 18.9. The standard InChI is InChI=1S/C20H19F2N7/c1-13-9-15(11-25-18(13)21)16-17(14(10-23)3-6-24-16)29-7-4-20(22,5-8-29)19-27-26-12-28(19)2/h3,6,9,11-12H,4-5,7-8H2,1-2H3. The van der Waals surface area contributed by atoms with E-state index in [1.54, 1.807) is 36.9 Å². The maximum Gasteiger partial charge on any atom is 0.215 e. The van der Waals surface area contributed by atoms with Gasteiger partial charge in [0.2, 0.25) is 5.95 Å². The Morgan fingerprint density at radius 2 is 2.00 bits per heavy atom. The summed E-state index contributed by atoms with van der Waals surface area (Å²) in [5, 5.41) is 17.4. The molecule has 0 N–H and O–H groups in total. The van der Waals surface area contributed by atoms with Gasteiger partial charge in [0.15, 0.2) is 11.5 Å². The Kier molecular flexibility index (Phi) is 4.70. The van der Waals surface area contributed by atoms with E-state index in [4.69, 9.17) is 0 Å². The Morgan fingerprint density at radius 3 is 2.62 bits per heavy atom. The van der Waals surface area contributed by atoms with Crippen LogP contribution < -0.4 is 4.90 Å². The lowest BCUT2D eigenvalue weighted by molar-refractivity contribution is 0.109. The van der Waals surface area contributed by atoms with Crippen LogP contribution >= 0.6 is 0 Å². The normalized spacial score (nSPS) is 15.9. The van der Waals surface area contributed by atoms with E-state index in [0.717, 1.165) is 0 Å². The lowest BCUT2D eigenvalue weighted by Crippen LogP contribution is -2.42. The van der Waals surface area contributed by atoms with Gasteiger partial charge in [-0.3, -0.25) is 4.98 Å². The fourth-order valence-corrected chi connectivity index (χ4v) is 3.76. The van der Waals surface area contributed by atoms with Crippen molar-refractivity contribution >= 4 is 5.69 Å². The summed E-state index contributed by atoms with van der Waals surface area (Å²) in [4.78, 5) is 10.2. The maximum absolute atomic E-state index is 15.5. The molecule has 0 atom stereocenters. The van der Waals surface area contributed by atoms with Crippen molar-refractivity contribution < 1.29 is 8.78 Å². The van der Waals surface area contributed by atoms with Gasteiger partial charge in [0.25, 0.3) is 0 Å². The number of hydrogen-bond acceptors (Lipinski definition) is 6. The number of rotatable bonds is 3. The van der Waals surface area contributed by atoms with Gasteiger partial charge >= 0.3 is 0 Å². The number of nitrogens with zero attached hydrogens (tertiary/aromatic N) is 7. The molecule has 0 aliphatic carbocycles. The molecule has 0 spiro atoms. The smallest absolute Gasteiger partial charge is 0.215 e. The zero-order valence-electron chi connectivity index (χ0n) is 16.1. The van der Waals surface area contributed by atoms with E-state index in [-0.39, 0.29) is 12.8 Å². The van der Waals surface area contributed by atoms with Crippen molar-refractivity contribution in [2.75, 3.05) is 18.0 Å². The Hall–Kier alpha value is -3.41. The molecule has 1 saturated heterocycles. The van der Waals surface area contributed by atoms with Crippen LogP contribution in [0, 0.1) is 24.2 Å². The van der Waals surface area contributed by atoms with Crippen LogP contribution in [0.25, 0.3) is 11.3 Å². The molecule has 0 radical (unpaired) electrons. The zero-order chi connectivity index (χ0) is 20.6. The predicted octanol–water partition coefficient (Wildman–Crippen LogP) is 3.06.